The van der Waals surface area contributed by atoms with Gasteiger partial charge in [-0.3, -0.25) is 0 Å². The van der Waals surface area contributed by atoms with Crippen LogP contribution in [0.2, 0.25) is 0 Å². The molecule has 0 aromatic carbocycles. The fourth-order valence-electron chi connectivity index (χ4n) is 1.34. The van der Waals surface area contributed by atoms with Crippen LogP contribution in [-0.4, -0.2) is 22.2 Å². The molecule has 1 aromatic heterocycles. The van der Waals surface area contributed by atoms with Crippen LogP contribution in [0, 0.1) is 0 Å². The van der Waals surface area contributed by atoms with E-state index >= 15 is 0 Å². The van der Waals surface area contributed by atoms with Crippen LogP contribution in [0.15, 0.2) is 22.8 Å². The first-order valence-corrected chi connectivity index (χ1v) is 5.90. The van der Waals surface area contributed by atoms with Gasteiger partial charge >= 0.3 is 0 Å². The first kappa shape index (κ1) is 12.5. The number of hydrogen-bond donors (Lipinski definition) is 2. The number of hydrogen-bond acceptors (Lipinski definition) is 3. The lowest BCUT2D eigenvalue weighted by molar-refractivity contribution is 0.251. The van der Waals surface area contributed by atoms with E-state index < -0.39 is 0 Å². The summed E-state index contributed by atoms with van der Waals surface area (Å²) >= 11 is 3.44. The predicted molar refractivity (Wildman–Crippen MR) is 66.0 cm³/mol. The molecule has 1 atom stereocenters. The van der Waals surface area contributed by atoms with E-state index in [1.807, 2.05) is 12.1 Å². The topological polar surface area (TPSA) is 45.1 Å². The van der Waals surface area contributed by atoms with Gasteiger partial charge in [0.05, 0.1) is 4.47 Å². The summed E-state index contributed by atoms with van der Waals surface area (Å²) in [6, 6.07) is 3.83. The van der Waals surface area contributed by atoms with Gasteiger partial charge in [0.15, 0.2) is 0 Å². The quantitative estimate of drug-likeness (QED) is 0.867. The number of aromatic nitrogens is 1. The Morgan fingerprint density at radius 3 is 2.87 bits per heavy atom. The molecule has 1 unspecified atom stereocenters. The van der Waals surface area contributed by atoms with Crippen LogP contribution >= 0.6 is 15.9 Å². The first-order chi connectivity index (χ1) is 7.11. The second-order valence-corrected chi connectivity index (χ2v) is 4.70. The lowest BCUT2D eigenvalue weighted by atomic mass is 9.95. The zero-order chi connectivity index (χ0) is 11.3. The molecular formula is C11H17BrN2O. The summed E-state index contributed by atoms with van der Waals surface area (Å²) in [6.45, 7) is 4.37. The van der Waals surface area contributed by atoms with Gasteiger partial charge in [-0.2, -0.15) is 0 Å². The highest BCUT2D eigenvalue weighted by atomic mass is 79.9. The molecule has 1 aromatic rings. The van der Waals surface area contributed by atoms with Crippen molar-refractivity contribution in [3.05, 3.63) is 22.8 Å². The summed E-state index contributed by atoms with van der Waals surface area (Å²) < 4.78 is 0.947. The van der Waals surface area contributed by atoms with Gasteiger partial charge in [0.2, 0.25) is 0 Å². The van der Waals surface area contributed by atoms with E-state index in [4.69, 9.17) is 5.11 Å². The molecule has 0 amide bonds. The van der Waals surface area contributed by atoms with E-state index in [-0.39, 0.29) is 12.1 Å². The number of halogens is 1. The average Bonchev–Trinajstić information content (AvgIpc) is 2.22. The lowest BCUT2D eigenvalue weighted by Crippen LogP contribution is -2.35. The minimum absolute atomic E-state index is 0.106. The highest BCUT2D eigenvalue weighted by molar-refractivity contribution is 9.10. The van der Waals surface area contributed by atoms with Crippen LogP contribution in [0.1, 0.15) is 26.7 Å². The summed E-state index contributed by atoms with van der Waals surface area (Å²) in [7, 11) is 0. The van der Waals surface area contributed by atoms with Crippen LogP contribution in [-0.2, 0) is 0 Å². The van der Waals surface area contributed by atoms with Gasteiger partial charge in [0.1, 0.15) is 5.82 Å². The Labute approximate surface area is 99.1 Å². The largest absolute Gasteiger partial charge is 0.396 e. The first-order valence-electron chi connectivity index (χ1n) is 5.11. The molecule has 0 saturated heterocycles. The maximum atomic E-state index is 9.01. The predicted octanol–water partition coefficient (Wildman–Crippen LogP) is 2.81. The van der Waals surface area contributed by atoms with E-state index in [0.29, 0.717) is 6.42 Å². The van der Waals surface area contributed by atoms with E-state index in [1.54, 1.807) is 6.20 Å². The van der Waals surface area contributed by atoms with Gasteiger partial charge in [0.25, 0.3) is 0 Å². The number of nitrogens with zero attached hydrogens (tertiary/aromatic N) is 1. The molecule has 0 aliphatic carbocycles. The van der Waals surface area contributed by atoms with Crippen molar-refractivity contribution in [2.45, 2.75) is 32.2 Å². The van der Waals surface area contributed by atoms with Gasteiger partial charge in [0, 0.05) is 18.3 Å². The van der Waals surface area contributed by atoms with E-state index in [9.17, 15) is 0 Å². The van der Waals surface area contributed by atoms with E-state index in [0.717, 1.165) is 16.7 Å². The molecule has 0 aliphatic heterocycles. The number of rotatable bonds is 5. The van der Waals surface area contributed by atoms with E-state index in [2.05, 4.69) is 40.1 Å². The van der Waals surface area contributed by atoms with Gasteiger partial charge < -0.3 is 10.4 Å². The summed E-state index contributed by atoms with van der Waals surface area (Å²) in [5.41, 5.74) is -0.106. The summed E-state index contributed by atoms with van der Waals surface area (Å²) in [6.07, 6.45) is 3.41. The molecule has 2 N–H and O–H groups in total. The molecule has 1 heterocycles. The zero-order valence-electron chi connectivity index (χ0n) is 9.13. The Kier molecular flexibility index (Phi) is 4.54. The molecule has 4 heteroatoms. The van der Waals surface area contributed by atoms with Crippen LogP contribution in [0.4, 0.5) is 5.82 Å². The Balaban J connectivity index is 2.79. The SMILES string of the molecule is CCC(C)(CCO)Nc1ncccc1Br. The Morgan fingerprint density at radius 2 is 2.33 bits per heavy atom. The highest BCUT2D eigenvalue weighted by Gasteiger charge is 2.22. The van der Waals surface area contributed by atoms with Crippen molar-refractivity contribution in [3.63, 3.8) is 0 Å². The number of nitrogens with one attached hydrogen (secondary N) is 1. The van der Waals surface area contributed by atoms with Gasteiger partial charge in [-0.15, -0.1) is 0 Å². The van der Waals surface area contributed by atoms with Crippen LogP contribution in [0.25, 0.3) is 0 Å². The van der Waals surface area contributed by atoms with Crippen LogP contribution in [0.5, 0.6) is 0 Å². The van der Waals surface area contributed by atoms with E-state index in [1.165, 1.54) is 0 Å². The second-order valence-electron chi connectivity index (χ2n) is 3.85. The third kappa shape index (κ3) is 3.47. The van der Waals surface area contributed by atoms with Crippen molar-refractivity contribution in [1.29, 1.82) is 0 Å². The standard InChI is InChI=1S/C11H17BrN2O/c1-3-11(2,6-8-15)14-10-9(12)5-4-7-13-10/h4-5,7,15H,3,6,8H2,1-2H3,(H,13,14). The molecule has 0 spiro atoms. The smallest absolute Gasteiger partial charge is 0.140 e. The maximum absolute atomic E-state index is 9.01. The Morgan fingerprint density at radius 1 is 1.60 bits per heavy atom. The summed E-state index contributed by atoms with van der Waals surface area (Å²) in [5, 5.41) is 12.4. The van der Waals surface area contributed by atoms with Gasteiger partial charge in [-0.25, -0.2) is 4.98 Å². The molecular weight excluding hydrogens is 256 g/mol. The molecule has 0 radical (unpaired) electrons. The molecule has 1 rings (SSSR count). The Hall–Kier alpha value is -0.610. The van der Waals surface area contributed by atoms with Crippen molar-refractivity contribution in [1.82, 2.24) is 4.98 Å². The van der Waals surface area contributed by atoms with Crippen molar-refractivity contribution in [3.8, 4) is 0 Å². The number of aliphatic hydroxyl groups is 1. The van der Waals surface area contributed by atoms with Gasteiger partial charge in [-0.1, -0.05) is 6.92 Å². The maximum Gasteiger partial charge on any atom is 0.140 e. The minimum Gasteiger partial charge on any atom is -0.396 e. The van der Waals surface area contributed by atoms with Crippen molar-refractivity contribution < 1.29 is 5.11 Å². The van der Waals surface area contributed by atoms with Crippen molar-refractivity contribution in [2.75, 3.05) is 11.9 Å². The van der Waals surface area contributed by atoms with Crippen molar-refractivity contribution in [2.24, 2.45) is 0 Å². The fraction of sp³-hybridized carbons (Fsp3) is 0.545. The minimum atomic E-state index is -0.106. The average molecular weight is 273 g/mol. The molecule has 15 heavy (non-hydrogen) atoms. The molecule has 84 valence electrons. The number of anilines is 1. The third-order valence-electron chi connectivity index (χ3n) is 2.62. The lowest BCUT2D eigenvalue weighted by Gasteiger charge is -2.30. The Bertz CT molecular complexity index is 319. The van der Waals surface area contributed by atoms with Crippen molar-refractivity contribution >= 4 is 21.7 Å². The summed E-state index contributed by atoms with van der Waals surface area (Å²) in [4.78, 5) is 4.25. The molecule has 0 fully saturated rings. The molecule has 0 aliphatic rings. The van der Waals surface area contributed by atoms with Crippen LogP contribution < -0.4 is 5.32 Å². The second kappa shape index (κ2) is 5.47. The molecule has 3 nitrogen and oxygen atoms in total. The molecule has 0 saturated carbocycles. The normalized spacial score (nSPS) is 14.7. The fourth-order valence-corrected chi connectivity index (χ4v) is 1.69. The third-order valence-corrected chi connectivity index (χ3v) is 3.26. The zero-order valence-corrected chi connectivity index (χ0v) is 10.7. The van der Waals surface area contributed by atoms with Gasteiger partial charge in [-0.05, 0) is 47.8 Å². The monoisotopic (exact) mass is 272 g/mol. The van der Waals surface area contributed by atoms with Crippen LogP contribution in [0.3, 0.4) is 0 Å². The highest BCUT2D eigenvalue weighted by Crippen LogP contribution is 2.25. The summed E-state index contributed by atoms with van der Waals surface area (Å²) in [5.74, 6) is 0.829. The number of aliphatic hydroxyl groups excluding tert-OH is 1. The number of pyridine rings is 1. The molecule has 0 bridgehead atoms.